The van der Waals surface area contributed by atoms with E-state index >= 15 is 0 Å². The first-order chi connectivity index (χ1) is 6.18. The number of nitrogens with zero attached hydrogens (tertiary/aromatic N) is 1. The molecule has 0 spiro atoms. The zero-order chi connectivity index (χ0) is 9.42. The molecule has 0 fully saturated rings. The molecule has 0 amide bonds. The highest BCUT2D eigenvalue weighted by atomic mass is 35.5. The van der Waals surface area contributed by atoms with Crippen LogP contribution in [0.4, 0.5) is 5.69 Å². The van der Waals surface area contributed by atoms with E-state index in [1.807, 2.05) is 0 Å². The smallest absolute Gasteiger partial charge is 0.0738 e. The molecule has 2 aromatic rings. The molecular formula is C9H6Cl2N2. The molecule has 0 saturated carbocycles. The van der Waals surface area contributed by atoms with Gasteiger partial charge in [-0.1, -0.05) is 23.2 Å². The number of nitrogen functional groups attached to an aromatic ring is 1. The van der Waals surface area contributed by atoms with Crippen molar-refractivity contribution in [1.29, 1.82) is 0 Å². The number of aromatic nitrogens is 1. The second-order valence-electron chi connectivity index (χ2n) is 2.68. The number of benzene rings is 1. The van der Waals surface area contributed by atoms with Gasteiger partial charge in [0.05, 0.1) is 15.6 Å². The Balaban J connectivity index is 2.89. The summed E-state index contributed by atoms with van der Waals surface area (Å²) < 4.78 is 0. The second kappa shape index (κ2) is 3.05. The van der Waals surface area contributed by atoms with Gasteiger partial charge in [-0.2, -0.15) is 0 Å². The predicted octanol–water partition coefficient (Wildman–Crippen LogP) is 3.12. The quantitative estimate of drug-likeness (QED) is 0.730. The maximum Gasteiger partial charge on any atom is 0.0738 e. The van der Waals surface area contributed by atoms with Gasteiger partial charge in [0, 0.05) is 17.3 Å². The van der Waals surface area contributed by atoms with Crippen LogP contribution in [0.25, 0.3) is 10.9 Å². The average Bonchev–Trinajstić information content (AvgIpc) is 2.09. The predicted molar refractivity (Wildman–Crippen MR) is 56.2 cm³/mol. The SMILES string of the molecule is Nc1ccnc2cc(Cl)c(Cl)cc12. The van der Waals surface area contributed by atoms with Crippen LogP contribution in [0.1, 0.15) is 0 Å². The summed E-state index contributed by atoms with van der Waals surface area (Å²) in [5.41, 5.74) is 7.15. The van der Waals surface area contributed by atoms with E-state index in [9.17, 15) is 0 Å². The first kappa shape index (κ1) is 8.60. The van der Waals surface area contributed by atoms with Crippen LogP contribution in [0.3, 0.4) is 0 Å². The lowest BCUT2D eigenvalue weighted by Gasteiger charge is -2.02. The van der Waals surface area contributed by atoms with Crippen LogP contribution in [-0.4, -0.2) is 4.98 Å². The number of fused-ring (bicyclic) bond motifs is 1. The summed E-state index contributed by atoms with van der Waals surface area (Å²) in [5.74, 6) is 0. The molecule has 0 radical (unpaired) electrons. The van der Waals surface area contributed by atoms with E-state index in [1.165, 1.54) is 0 Å². The Hall–Kier alpha value is -0.990. The molecule has 0 aliphatic carbocycles. The molecule has 13 heavy (non-hydrogen) atoms. The molecule has 1 heterocycles. The number of halogens is 2. The second-order valence-corrected chi connectivity index (χ2v) is 3.50. The van der Waals surface area contributed by atoms with Crippen molar-refractivity contribution in [2.45, 2.75) is 0 Å². The van der Waals surface area contributed by atoms with Crippen molar-refractivity contribution in [3.63, 3.8) is 0 Å². The standard InChI is InChI=1S/C9H6Cl2N2/c10-6-3-5-8(12)1-2-13-9(5)4-7(6)11/h1-4H,(H2,12,13). The summed E-state index contributed by atoms with van der Waals surface area (Å²) in [7, 11) is 0. The van der Waals surface area contributed by atoms with Crippen LogP contribution in [-0.2, 0) is 0 Å². The first-order valence-corrected chi connectivity index (χ1v) is 4.43. The molecule has 4 heteroatoms. The average molecular weight is 213 g/mol. The summed E-state index contributed by atoms with van der Waals surface area (Å²) >= 11 is 11.7. The lowest BCUT2D eigenvalue weighted by atomic mass is 10.2. The summed E-state index contributed by atoms with van der Waals surface area (Å²) in [6.45, 7) is 0. The minimum atomic E-state index is 0.493. The summed E-state index contributed by atoms with van der Waals surface area (Å²) in [6, 6.07) is 5.16. The molecule has 0 unspecified atom stereocenters. The molecule has 0 bridgehead atoms. The third kappa shape index (κ3) is 1.43. The van der Waals surface area contributed by atoms with Gasteiger partial charge in [0.1, 0.15) is 0 Å². The normalized spacial score (nSPS) is 10.6. The highest BCUT2D eigenvalue weighted by molar-refractivity contribution is 6.42. The fourth-order valence-corrected chi connectivity index (χ4v) is 1.48. The zero-order valence-corrected chi connectivity index (χ0v) is 8.10. The molecule has 1 aromatic carbocycles. The Labute approximate surface area is 85.3 Å². The van der Waals surface area contributed by atoms with Gasteiger partial charge < -0.3 is 5.73 Å². The van der Waals surface area contributed by atoms with Gasteiger partial charge in [0.2, 0.25) is 0 Å². The van der Waals surface area contributed by atoms with Crippen LogP contribution in [0.5, 0.6) is 0 Å². The molecule has 2 N–H and O–H groups in total. The van der Waals surface area contributed by atoms with Crippen LogP contribution >= 0.6 is 23.2 Å². The van der Waals surface area contributed by atoms with Gasteiger partial charge in [0.15, 0.2) is 0 Å². The molecule has 0 atom stereocenters. The third-order valence-electron chi connectivity index (χ3n) is 1.82. The van der Waals surface area contributed by atoms with Gasteiger partial charge in [-0.25, -0.2) is 0 Å². The largest absolute Gasteiger partial charge is 0.398 e. The first-order valence-electron chi connectivity index (χ1n) is 3.68. The molecule has 0 aliphatic heterocycles. The fraction of sp³-hybridized carbons (Fsp3) is 0. The maximum atomic E-state index is 5.84. The van der Waals surface area contributed by atoms with Gasteiger partial charge in [-0.3, -0.25) is 4.98 Å². The van der Waals surface area contributed by atoms with Crippen LogP contribution in [0.2, 0.25) is 10.0 Å². The topological polar surface area (TPSA) is 38.9 Å². The molecule has 0 aliphatic rings. The van der Waals surface area contributed by atoms with Crippen molar-refractivity contribution >= 4 is 39.8 Å². The number of nitrogens with two attached hydrogens (primary N) is 1. The van der Waals surface area contributed by atoms with Gasteiger partial charge in [0.25, 0.3) is 0 Å². The Morgan fingerprint density at radius 3 is 2.62 bits per heavy atom. The Kier molecular flexibility index (Phi) is 2.02. The monoisotopic (exact) mass is 212 g/mol. The van der Waals surface area contributed by atoms with Crippen molar-refractivity contribution < 1.29 is 0 Å². The highest BCUT2D eigenvalue weighted by Crippen LogP contribution is 2.29. The minimum Gasteiger partial charge on any atom is -0.398 e. The van der Waals surface area contributed by atoms with Crippen molar-refractivity contribution in [3.8, 4) is 0 Å². The number of pyridine rings is 1. The number of rotatable bonds is 0. The number of anilines is 1. The van der Waals surface area contributed by atoms with Crippen molar-refractivity contribution in [2.75, 3.05) is 5.73 Å². The molecule has 66 valence electrons. The molecule has 2 nitrogen and oxygen atoms in total. The van der Waals surface area contributed by atoms with Crippen molar-refractivity contribution in [3.05, 3.63) is 34.4 Å². The summed E-state index contributed by atoms with van der Waals surface area (Å²) in [4.78, 5) is 4.12. The fourth-order valence-electron chi connectivity index (χ4n) is 1.16. The Morgan fingerprint density at radius 2 is 1.85 bits per heavy atom. The van der Waals surface area contributed by atoms with E-state index in [0.29, 0.717) is 15.7 Å². The molecular weight excluding hydrogens is 207 g/mol. The van der Waals surface area contributed by atoms with Crippen molar-refractivity contribution in [2.24, 2.45) is 0 Å². The van der Waals surface area contributed by atoms with Crippen LogP contribution in [0.15, 0.2) is 24.4 Å². The Bertz CT molecular complexity index is 468. The Morgan fingerprint density at radius 1 is 1.15 bits per heavy atom. The van der Waals surface area contributed by atoms with Gasteiger partial charge in [-0.15, -0.1) is 0 Å². The van der Waals surface area contributed by atoms with E-state index in [-0.39, 0.29) is 0 Å². The lowest BCUT2D eigenvalue weighted by molar-refractivity contribution is 1.41. The minimum absolute atomic E-state index is 0.493. The number of hydrogen-bond donors (Lipinski definition) is 1. The van der Waals surface area contributed by atoms with E-state index < -0.39 is 0 Å². The zero-order valence-electron chi connectivity index (χ0n) is 6.59. The molecule has 2 rings (SSSR count). The summed E-state index contributed by atoms with van der Waals surface area (Å²) in [5, 5.41) is 1.82. The van der Waals surface area contributed by atoms with Crippen LogP contribution < -0.4 is 5.73 Å². The van der Waals surface area contributed by atoms with Gasteiger partial charge in [-0.05, 0) is 18.2 Å². The number of hydrogen-bond acceptors (Lipinski definition) is 2. The van der Waals surface area contributed by atoms with Crippen molar-refractivity contribution in [1.82, 2.24) is 4.98 Å². The maximum absolute atomic E-state index is 5.84. The highest BCUT2D eigenvalue weighted by Gasteiger charge is 2.03. The van der Waals surface area contributed by atoms with Crippen LogP contribution in [0, 0.1) is 0 Å². The summed E-state index contributed by atoms with van der Waals surface area (Å²) in [6.07, 6.45) is 1.64. The third-order valence-corrected chi connectivity index (χ3v) is 2.54. The molecule has 1 aromatic heterocycles. The van der Waals surface area contributed by atoms with Gasteiger partial charge >= 0.3 is 0 Å². The van der Waals surface area contributed by atoms with E-state index in [4.69, 9.17) is 28.9 Å². The molecule has 0 saturated heterocycles. The van der Waals surface area contributed by atoms with E-state index in [2.05, 4.69) is 4.98 Å². The lowest BCUT2D eigenvalue weighted by Crippen LogP contribution is -1.88. The van der Waals surface area contributed by atoms with E-state index in [0.717, 1.165) is 10.9 Å². The van der Waals surface area contributed by atoms with E-state index in [1.54, 1.807) is 24.4 Å².